The highest BCUT2D eigenvalue weighted by molar-refractivity contribution is 7.92. The Hall–Kier alpha value is -4.84. The van der Waals surface area contributed by atoms with Crippen molar-refractivity contribution < 1.29 is 30.7 Å². The van der Waals surface area contributed by atoms with Gasteiger partial charge in [0.05, 0.1) is 30.9 Å². The lowest BCUT2D eigenvalue weighted by Crippen LogP contribution is -2.27. The van der Waals surface area contributed by atoms with Crippen LogP contribution in [0.5, 0.6) is 5.75 Å². The Balaban J connectivity index is 1.48. The van der Waals surface area contributed by atoms with E-state index in [9.17, 15) is 26.0 Å². The summed E-state index contributed by atoms with van der Waals surface area (Å²) in [4.78, 5) is 13.7. The maximum Gasteiger partial charge on any atom is 0.393 e. The van der Waals surface area contributed by atoms with Gasteiger partial charge in [-0.15, -0.1) is 0 Å². The van der Waals surface area contributed by atoms with E-state index in [4.69, 9.17) is 9.72 Å². The van der Waals surface area contributed by atoms with Gasteiger partial charge in [0.1, 0.15) is 17.3 Å². The van der Waals surface area contributed by atoms with Crippen molar-refractivity contribution in [1.29, 1.82) is 0 Å². The molecule has 2 aromatic carbocycles. The summed E-state index contributed by atoms with van der Waals surface area (Å²) in [6, 6.07) is 8.67. The smallest absolute Gasteiger partial charge is 0.393 e. The van der Waals surface area contributed by atoms with Crippen LogP contribution in [0, 0.1) is 5.82 Å². The Morgan fingerprint density at radius 2 is 1.77 bits per heavy atom. The largest absolute Gasteiger partial charge is 0.494 e. The molecule has 3 aromatic heterocycles. The number of benzene rings is 2. The number of nitrogens with one attached hydrogen (secondary N) is 4. The summed E-state index contributed by atoms with van der Waals surface area (Å²) in [7, 11) is -1.03. The van der Waals surface area contributed by atoms with Gasteiger partial charge >= 0.3 is 6.18 Å². The van der Waals surface area contributed by atoms with Crippen LogP contribution in [0.3, 0.4) is 0 Å². The molecule has 5 aromatic rings. The lowest BCUT2D eigenvalue weighted by atomic mass is 9.98. The van der Waals surface area contributed by atoms with Gasteiger partial charge in [-0.3, -0.25) is 14.5 Å². The molecule has 13 nitrogen and oxygen atoms in total. The lowest BCUT2D eigenvalue weighted by molar-refractivity contribution is -0.127. The normalized spacial score (nSPS) is 14.4. The number of anilines is 2. The van der Waals surface area contributed by atoms with E-state index in [1.54, 1.807) is 24.3 Å². The number of rotatable bonds is 10. The van der Waals surface area contributed by atoms with Crippen LogP contribution in [0.25, 0.3) is 33.9 Å². The molecule has 6 rings (SSSR count). The van der Waals surface area contributed by atoms with Crippen LogP contribution in [0.1, 0.15) is 35.7 Å². The molecule has 4 heterocycles. The first-order valence-electron chi connectivity index (χ1n) is 14.9. The van der Waals surface area contributed by atoms with Crippen LogP contribution >= 0.6 is 0 Å². The Morgan fingerprint density at radius 1 is 1.02 bits per heavy atom. The fraction of sp³-hybridized carbons (Fsp3) is 0.367. The van der Waals surface area contributed by atoms with Crippen molar-refractivity contribution in [1.82, 2.24) is 40.7 Å². The number of ether oxygens (including phenoxy) is 1. The first-order chi connectivity index (χ1) is 22.8. The van der Waals surface area contributed by atoms with Gasteiger partial charge in [-0.05, 0) is 55.3 Å². The number of aromatic amines is 2. The third kappa shape index (κ3) is 6.89. The number of halogens is 4. The highest BCUT2D eigenvalue weighted by Crippen LogP contribution is 2.37. The zero-order valence-corrected chi connectivity index (χ0v) is 26.9. The summed E-state index contributed by atoms with van der Waals surface area (Å²) in [6.45, 7) is 1.72. The van der Waals surface area contributed by atoms with Crippen molar-refractivity contribution in [3.05, 3.63) is 59.2 Å². The molecule has 1 aliphatic heterocycles. The number of para-hydroxylation sites is 1. The van der Waals surface area contributed by atoms with Gasteiger partial charge in [0, 0.05) is 25.1 Å². The van der Waals surface area contributed by atoms with Crippen LogP contribution in [-0.4, -0.2) is 83.4 Å². The average molecular weight is 689 g/mol. The summed E-state index contributed by atoms with van der Waals surface area (Å²) in [5, 5.41) is 21.4. The second kappa shape index (κ2) is 13.0. The molecule has 0 atom stereocenters. The minimum absolute atomic E-state index is 0.0346. The quantitative estimate of drug-likeness (QED) is 0.153. The van der Waals surface area contributed by atoms with Crippen LogP contribution in [0.15, 0.2) is 36.4 Å². The predicted octanol–water partition coefficient (Wildman–Crippen LogP) is 4.53. The van der Waals surface area contributed by atoms with E-state index in [-0.39, 0.29) is 52.5 Å². The van der Waals surface area contributed by atoms with E-state index >= 15 is 0 Å². The second-order valence-electron chi connectivity index (χ2n) is 11.4. The number of piperidine rings is 1. The number of H-pyrrole nitrogens is 2. The Morgan fingerprint density at radius 3 is 2.48 bits per heavy atom. The number of hydrogen-bond acceptors (Lipinski definition) is 10. The van der Waals surface area contributed by atoms with E-state index in [1.165, 1.54) is 7.05 Å². The number of methoxy groups -OCH3 is 1. The van der Waals surface area contributed by atoms with E-state index < -0.39 is 28.4 Å². The van der Waals surface area contributed by atoms with Gasteiger partial charge in [0.2, 0.25) is 10.0 Å². The summed E-state index contributed by atoms with van der Waals surface area (Å²) in [5.74, 6) is -0.222. The number of alkyl halides is 3. The number of sulfonamides is 1. The molecule has 1 fully saturated rings. The fourth-order valence-corrected chi connectivity index (χ4v) is 6.18. The lowest BCUT2D eigenvalue weighted by Gasteiger charge is -2.20. The molecule has 0 aliphatic carbocycles. The van der Waals surface area contributed by atoms with Crippen molar-refractivity contribution in [2.45, 2.75) is 37.9 Å². The van der Waals surface area contributed by atoms with Crippen molar-refractivity contribution in [3.63, 3.8) is 0 Å². The van der Waals surface area contributed by atoms with Crippen LogP contribution < -0.4 is 19.7 Å². The molecule has 254 valence electrons. The molecule has 0 unspecified atom stereocenters. The van der Waals surface area contributed by atoms with E-state index in [1.807, 2.05) is 0 Å². The number of hydrogen-bond donors (Lipinski definition) is 4. The minimum atomic E-state index is -4.63. The SMILES string of the molecule is COc1cc(CC(F)(F)F)c(-c2nc(NCc3ccccc3N(C)S(C)(=O)=O)c3c(-c4n[nH]c(C5CCNCC5)n4)[nH]nc3n2)cc1F. The number of aromatic nitrogens is 7. The zero-order chi connectivity index (χ0) is 34.2. The fourth-order valence-electron chi connectivity index (χ4n) is 5.65. The molecular weight excluding hydrogens is 656 g/mol. The van der Waals surface area contributed by atoms with Gasteiger partial charge in [0.15, 0.2) is 28.9 Å². The number of fused-ring (bicyclic) bond motifs is 1. The summed E-state index contributed by atoms with van der Waals surface area (Å²) in [5.41, 5.74) is 0.861. The third-order valence-corrected chi connectivity index (χ3v) is 9.34. The first kappa shape index (κ1) is 33.1. The molecule has 4 N–H and O–H groups in total. The summed E-state index contributed by atoms with van der Waals surface area (Å²) < 4.78 is 86.7. The molecule has 0 spiro atoms. The predicted molar refractivity (Wildman–Crippen MR) is 171 cm³/mol. The molecule has 0 saturated carbocycles. The van der Waals surface area contributed by atoms with Crippen molar-refractivity contribution in [3.8, 4) is 28.7 Å². The van der Waals surface area contributed by atoms with Crippen molar-refractivity contribution in [2.75, 3.05) is 43.1 Å². The zero-order valence-electron chi connectivity index (χ0n) is 26.1. The van der Waals surface area contributed by atoms with Crippen LogP contribution in [0.4, 0.5) is 29.1 Å². The highest BCUT2D eigenvalue weighted by Gasteiger charge is 2.31. The van der Waals surface area contributed by atoms with E-state index in [0.717, 1.165) is 55.7 Å². The van der Waals surface area contributed by atoms with E-state index in [2.05, 4.69) is 41.0 Å². The third-order valence-electron chi connectivity index (χ3n) is 8.15. The molecule has 0 amide bonds. The average Bonchev–Trinajstić information content (AvgIpc) is 3.71. The maximum absolute atomic E-state index is 15.0. The Labute approximate surface area is 272 Å². The summed E-state index contributed by atoms with van der Waals surface area (Å²) in [6.07, 6.45) is -3.20. The van der Waals surface area contributed by atoms with Gasteiger partial charge in [0.25, 0.3) is 0 Å². The minimum Gasteiger partial charge on any atom is -0.494 e. The van der Waals surface area contributed by atoms with Gasteiger partial charge in [-0.25, -0.2) is 27.8 Å². The molecular formula is C30H32F4N10O3S. The molecule has 0 radical (unpaired) electrons. The van der Waals surface area contributed by atoms with Gasteiger partial charge in [-0.2, -0.15) is 23.4 Å². The van der Waals surface area contributed by atoms with Crippen LogP contribution in [-0.2, 0) is 23.0 Å². The Bertz CT molecular complexity index is 2060. The second-order valence-corrected chi connectivity index (χ2v) is 13.4. The topological polar surface area (TPSA) is 167 Å². The highest BCUT2D eigenvalue weighted by atomic mass is 32.2. The van der Waals surface area contributed by atoms with Crippen molar-refractivity contribution in [2.24, 2.45) is 0 Å². The monoisotopic (exact) mass is 688 g/mol. The Kier molecular flexibility index (Phi) is 8.95. The van der Waals surface area contributed by atoms with E-state index in [0.29, 0.717) is 28.2 Å². The van der Waals surface area contributed by atoms with Crippen molar-refractivity contribution >= 4 is 32.6 Å². The summed E-state index contributed by atoms with van der Waals surface area (Å²) >= 11 is 0. The number of nitrogens with zero attached hydrogens (tertiary/aromatic N) is 6. The van der Waals surface area contributed by atoms with Gasteiger partial charge in [-0.1, -0.05) is 18.2 Å². The standard InChI is InChI=1S/C30H32F4N10O3S/c1-44(48(3,45)46)21-7-5-4-6-17(21)15-36-27-23-24(29-37-25(41-43-29)16-8-10-35-11-9-16)40-42-28(23)39-26(38-27)19-13-20(31)22(47-2)12-18(19)14-30(32,33)34/h4-7,12-13,16,35H,8-11,14-15H2,1-3H3,(H,37,41,43)(H2,36,38,39,40,42). The first-order valence-corrected chi connectivity index (χ1v) is 16.8. The molecule has 48 heavy (non-hydrogen) atoms. The van der Waals surface area contributed by atoms with Gasteiger partial charge < -0.3 is 15.4 Å². The molecule has 0 bridgehead atoms. The molecule has 18 heteroatoms. The molecule has 1 aliphatic rings. The van der Waals surface area contributed by atoms with Crippen LogP contribution in [0.2, 0.25) is 0 Å². The molecule has 1 saturated heterocycles. The maximum atomic E-state index is 15.0.